The Hall–Kier alpha value is -1.49. The lowest BCUT2D eigenvalue weighted by molar-refractivity contribution is -0.136. The second kappa shape index (κ2) is 6.96. The number of nitrogens with one attached hydrogen (secondary N) is 1. The summed E-state index contributed by atoms with van der Waals surface area (Å²) < 4.78 is 0. The van der Waals surface area contributed by atoms with Crippen LogP contribution in [0.3, 0.4) is 0 Å². The fraction of sp³-hybridized carbons (Fsp3) is 0.333. The van der Waals surface area contributed by atoms with Crippen LogP contribution in [0.15, 0.2) is 30.3 Å². The van der Waals surface area contributed by atoms with Crippen molar-refractivity contribution in [1.29, 1.82) is 0 Å². The Morgan fingerprint density at radius 3 is 2.59 bits per heavy atom. The van der Waals surface area contributed by atoms with Gasteiger partial charge < -0.3 is 10.4 Å². The van der Waals surface area contributed by atoms with E-state index in [1.165, 1.54) is 0 Å². The van der Waals surface area contributed by atoms with Gasteiger partial charge in [0.2, 0.25) is 5.91 Å². The van der Waals surface area contributed by atoms with Crippen molar-refractivity contribution in [2.75, 3.05) is 5.75 Å². The van der Waals surface area contributed by atoms with Crippen LogP contribution in [0.5, 0.6) is 0 Å². The zero-order chi connectivity index (χ0) is 12.7. The van der Waals surface area contributed by atoms with Gasteiger partial charge in [0.25, 0.3) is 0 Å². The molecular weight excluding hydrogens is 238 g/mol. The van der Waals surface area contributed by atoms with E-state index < -0.39 is 11.2 Å². The summed E-state index contributed by atoms with van der Waals surface area (Å²) in [6.07, 6.45) is 0. The smallest absolute Gasteiger partial charge is 0.316 e. The Bertz CT molecular complexity index is 381. The quantitative estimate of drug-likeness (QED) is 0.806. The number of hydrogen-bond acceptors (Lipinski definition) is 3. The lowest BCUT2D eigenvalue weighted by atomic mass is 10.2. The maximum atomic E-state index is 11.4. The summed E-state index contributed by atoms with van der Waals surface area (Å²) in [6.45, 7) is 2.04. The Balaban J connectivity index is 2.24. The van der Waals surface area contributed by atoms with Crippen LogP contribution < -0.4 is 5.32 Å². The molecule has 0 aromatic heterocycles. The number of benzene rings is 1. The van der Waals surface area contributed by atoms with Crippen molar-refractivity contribution in [3.8, 4) is 0 Å². The molecule has 92 valence electrons. The van der Waals surface area contributed by atoms with E-state index in [9.17, 15) is 9.59 Å². The first-order valence-corrected chi connectivity index (χ1v) is 6.29. The second-order valence-corrected chi connectivity index (χ2v) is 4.88. The number of amides is 1. The predicted octanol–water partition coefficient (Wildman–Crippen LogP) is 1.51. The lowest BCUT2D eigenvalue weighted by Crippen LogP contribution is -2.26. The van der Waals surface area contributed by atoms with Gasteiger partial charge in [0.15, 0.2) is 0 Å². The van der Waals surface area contributed by atoms with Crippen molar-refractivity contribution >= 4 is 23.6 Å². The third-order valence-corrected chi connectivity index (χ3v) is 3.28. The summed E-state index contributed by atoms with van der Waals surface area (Å²) in [5.41, 5.74) is 1.03. The van der Waals surface area contributed by atoms with Crippen LogP contribution in [0.4, 0.5) is 0 Å². The molecule has 0 aliphatic heterocycles. The van der Waals surface area contributed by atoms with Crippen molar-refractivity contribution in [2.24, 2.45) is 0 Å². The molecule has 0 saturated carbocycles. The van der Waals surface area contributed by atoms with Crippen LogP contribution in [0.2, 0.25) is 0 Å². The van der Waals surface area contributed by atoms with Crippen LogP contribution in [-0.2, 0) is 16.1 Å². The van der Waals surface area contributed by atoms with E-state index in [-0.39, 0.29) is 11.7 Å². The number of carbonyl (C=O) groups excluding carboxylic acids is 1. The van der Waals surface area contributed by atoms with E-state index in [0.29, 0.717) is 6.54 Å². The van der Waals surface area contributed by atoms with Crippen molar-refractivity contribution in [2.45, 2.75) is 18.7 Å². The third-order valence-electron chi connectivity index (χ3n) is 2.14. The Labute approximate surface area is 104 Å². The zero-order valence-electron chi connectivity index (χ0n) is 9.55. The topological polar surface area (TPSA) is 66.4 Å². The number of carbonyl (C=O) groups is 2. The predicted molar refractivity (Wildman–Crippen MR) is 67.8 cm³/mol. The van der Waals surface area contributed by atoms with Gasteiger partial charge in [-0.15, -0.1) is 11.8 Å². The average Bonchev–Trinajstić information content (AvgIpc) is 2.34. The van der Waals surface area contributed by atoms with Gasteiger partial charge in [-0.1, -0.05) is 30.3 Å². The van der Waals surface area contributed by atoms with Crippen molar-refractivity contribution in [1.82, 2.24) is 5.32 Å². The van der Waals surface area contributed by atoms with Gasteiger partial charge in [0.1, 0.15) is 0 Å². The fourth-order valence-electron chi connectivity index (χ4n) is 1.12. The fourth-order valence-corrected chi connectivity index (χ4v) is 1.77. The molecule has 0 heterocycles. The van der Waals surface area contributed by atoms with E-state index in [1.807, 2.05) is 30.3 Å². The highest BCUT2D eigenvalue weighted by atomic mass is 32.2. The van der Waals surface area contributed by atoms with Crippen LogP contribution in [0.25, 0.3) is 0 Å². The minimum absolute atomic E-state index is 0.146. The van der Waals surface area contributed by atoms with E-state index in [2.05, 4.69) is 5.32 Å². The summed E-state index contributed by atoms with van der Waals surface area (Å²) in [5, 5.41) is 10.8. The maximum absolute atomic E-state index is 11.4. The number of hydrogen-bond donors (Lipinski definition) is 2. The number of rotatable bonds is 6. The van der Waals surface area contributed by atoms with Gasteiger partial charge in [0.05, 0.1) is 11.0 Å². The molecule has 0 saturated heterocycles. The molecule has 0 aliphatic rings. The second-order valence-electron chi connectivity index (χ2n) is 3.55. The van der Waals surface area contributed by atoms with Gasteiger partial charge >= 0.3 is 5.97 Å². The molecule has 1 amide bonds. The number of carboxylic acid groups (broad SMARTS) is 1. The van der Waals surface area contributed by atoms with E-state index in [1.54, 1.807) is 6.92 Å². The van der Waals surface area contributed by atoms with Crippen LogP contribution in [0, 0.1) is 0 Å². The molecule has 0 aliphatic carbocycles. The van der Waals surface area contributed by atoms with Gasteiger partial charge in [0, 0.05) is 6.54 Å². The maximum Gasteiger partial charge on any atom is 0.316 e. The Morgan fingerprint density at radius 2 is 2.00 bits per heavy atom. The highest BCUT2D eigenvalue weighted by Crippen LogP contribution is 2.09. The molecule has 1 unspecified atom stereocenters. The first kappa shape index (κ1) is 13.6. The molecule has 0 spiro atoms. The molecule has 2 N–H and O–H groups in total. The van der Waals surface area contributed by atoms with E-state index >= 15 is 0 Å². The van der Waals surface area contributed by atoms with Crippen LogP contribution in [0.1, 0.15) is 12.5 Å². The average molecular weight is 253 g/mol. The van der Waals surface area contributed by atoms with E-state index in [0.717, 1.165) is 17.3 Å². The highest BCUT2D eigenvalue weighted by Gasteiger charge is 2.13. The molecule has 1 aromatic rings. The number of aliphatic carboxylic acids is 1. The minimum atomic E-state index is -0.897. The first-order valence-electron chi connectivity index (χ1n) is 5.24. The number of thioether (sulfide) groups is 1. The van der Waals surface area contributed by atoms with Gasteiger partial charge in [-0.3, -0.25) is 9.59 Å². The molecule has 4 nitrogen and oxygen atoms in total. The van der Waals surface area contributed by atoms with Crippen molar-refractivity contribution in [3.05, 3.63) is 35.9 Å². The van der Waals surface area contributed by atoms with Crippen LogP contribution >= 0.6 is 11.8 Å². The van der Waals surface area contributed by atoms with Gasteiger partial charge in [-0.2, -0.15) is 0 Å². The largest absolute Gasteiger partial charge is 0.480 e. The Kier molecular flexibility index (Phi) is 5.56. The standard InChI is InChI=1S/C12H15NO3S/c1-9(12(15)16)17-8-11(14)13-7-10-5-3-2-4-6-10/h2-6,9H,7-8H2,1H3,(H,13,14)(H,15,16). The molecule has 1 atom stereocenters. The minimum Gasteiger partial charge on any atom is -0.480 e. The monoisotopic (exact) mass is 253 g/mol. The van der Waals surface area contributed by atoms with Gasteiger partial charge in [-0.05, 0) is 12.5 Å². The summed E-state index contributed by atoms with van der Waals surface area (Å²) in [7, 11) is 0. The number of carboxylic acids is 1. The van der Waals surface area contributed by atoms with Crippen molar-refractivity contribution in [3.63, 3.8) is 0 Å². The van der Waals surface area contributed by atoms with Crippen molar-refractivity contribution < 1.29 is 14.7 Å². The molecule has 5 heteroatoms. The molecule has 0 radical (unpaired) electrons. The first-order chi connectivity index (χ1) is 8.09. The van der Waals surface area contributed by atoms with E-state index in [4.69, 9.17) is 5.11 Å². The summed E-state index contributed by atoms with van der Waals surface area (Å²) >= 11 is 1.12. The normalized spacial score (nSPS) is 11.8. The molecule has 0 fully saturated rings. The van der Waals surface area contributed by atoms with Crippen LogP contribution in [-0.4, -0.2) is 28.0 Å². The molecule has 1 aromatic carbocycles. The SMILES string of the molecule is CC(SCC(=O)NCc1ccccc1)C(=O)O. The lowest BCUT2D eigenvalue weighted by Gasteiger charge is -2.07. The summed E-state index contributed by atoms with van der Waals surface area (Å²) in [6, 6.07) is 9.57. The molecular formula is C12H15NO3S. The third kappa shape index (κ3) is 5.40. The molecule has 1 rings (SSSR count). The highest BCUT2D eigenvalue weighted by molar-refractivity contribution is 8.01. The molecule has 0 bridgehead atoms. The Morgan fingerprint density at radius 1 is 1.35 bits per heavy atom. The summed E-state index contributed by atoms with van der Waals surface area (Å²) in [4.78, 5) is 22.0. The summed E-state index contributed by atoms with van der Waals surface area (Å²) in [5.74, 6) is -0.877. The zero-order valence-corrected chi connectivity index (χ0v) is 10.4. The van der Waals surface area contributed by atoms with Gasteiger partial charge in [-0.25, -0.2) is 0 Å². The molecule has 17 heavy (non-hydrogen) atoms.